The molecule has 0 atom stereocenters. The van der Waals surface area contributed by atoms with Crippen LogP contribution in [0.5, 0.6) is 0 Å². The predicted molar refractivity (Wildman–Crippen MR) is 64.6 cm³/mol. The fourth-order valence-corrected chi connectivity index (χ4v) is 2.21. The van der Waals surface area contributed by atoms with Gasteiger partial charge in [0.2, 0.25) is 0 Å². The summed E-state index contributed by atoms with van der Waals surface area (Å²) in [6.07, 6.45) is 4.44. The highest BCUT2D eigenvalue weighted by Gasteiger charge is 2.31. The molecule has 0 aromatic heterocycles. The summed E-state index contributed by atoms with van der Waals surface area (Å²) in [5.41, 5.74) is 0. The van der Waals surface area contributed by atoms with Crippen molar-refractivity contribution < 1.29 is 9.22 Å². The minimum Gasteiger partial charge on any atom is -0.444 e. The van der Waals surface area contributed by atoms with Crippen LogP contribution in [-0.4, -0.2) is 37.0 Å². The van der Waals surface area contributed by atoms with E-state index >= 15 is 0 Å². The van der Waals surface area contributed by atoms with Gasteiger partial charge in [-0.15, -0.1) is 5.34 Å². The van der Waals surface area contributed by atoms with Gasteiger partial charge in [-0.2, -0.15) is 0 Å². The molecule has 0 amide bonds. The summed E-state index contributed by atoms with van der Waals surface area (Å²) in [5, 5.41) is 9.00. The second-order valence-electron chi connectivity index (χ2n) is 4.64. The highest BCUT2D eigenvalue weighted by atomic mass is 16.6. The molecular formula is C11H24N2O3. The first kappa shape index (κ1) is 15.3. The molecule has 0 bridgehead atoms. The van der Waals surface area contributed by atoms with E-state index < -0.39 is 0 Å². The van der Waals surface area contributed by atoms with Gasteiger partial charge in [-0.05, 0) is 20.3 Å². The predicted octanol–water partition coefficient (Wildman–Crippen LogP) is 2.64. The second-order valence-corrected chi connectivity index (χ2v) is 4.64. The van der Waals surface area contributed by atoms with Gasteiger partial charge in [0, 0.05) is 12.8 Å². The average molecular weight is 232 g/mol. The Morgan fingerprint density at radius 2 is 1.88 bits per heavy atom. The molecule has 0 N–H and O–H groups in total. The molecule has 96 valence electrons. The average Bonchev–Trinajstić information content (AvgIpc) is 2.66. The summed E-state index contributed by atoms with van der Waals surface area (Å²) in [6.45, 7) is 11.4. The maximum atomic E-state index is 8.00. The van der Waals surface area contributed by atoms with Crippen LogP contribution in [0.4, 0.5) is 0 Å². The summed E-state index contributed by atoms with van der Waals surface area (Å²) in [7, 11) is 0. The summed E-state index contributed by atoms with van der Waals surface area (Å²) < 4.78 is 6.97. The fourth-order valence-electron chi connectivity index (χ4n) is 2.21. The van der Waals surface area contributed by atoms with E-state index in [-0.39, 0.29) is 0 Å². The Morgan fingerprint density at radius 3 is 2.25 bits per heavy atom. The van der Waals surface area contributed by atoms with Crippen molar-refractivity contribution in [3.63, 3.8) is 0 Å². The molecule has 0 aromatic rings. The molecule has 0 saturated carbocycles. The van der Waals surface area contributed by atoms with Crippen LogP contribution >= 0.6 is 0 Å². The van der Waals surface area contributed by atoms with Gasteiger partial charge in [-0.25, -0.2) is 0 Å². The molecule has 16 heavy (non-hydrogen) atoms. The number of ether oxygens (including phenoxy) is 1. The highest BCUT2D eigenvalue weighted by Crippen LogP contribution is 2.20. The number of rotatable bonds is 5. The van der Waals surface area contributed by atoms with E-state index in [0.29, 0.717) is 6.10 Å². The van der Waals surface area contributed by atoms with E-state index in [1.54, 1.807) is 0 Å². The fraction of sp³-hybridized carbons (Fsp3) is 1.00. The maximum Gasteiger partial charge on any atom is 0.183 e. The van der Waals surface area contributed by atoms with E-state index in [9.17, 15) is 0 Å². The molecule has 0 radical (unpaired) electrons. The van der Waals surface area contributed by atoms with Crippen molar-refractivity contribution in [2.75, 3.05) is 26.4 Å². The van der Waals surface area contributed by atoms with Gasteiger partial charge < -0.3 is 19.3 Å². The Hall–Kier alpha value is -0.680. The number of hydrogen-bond donors (Lipinski definition) is 0. The number of nitrogens with zero attached hydrogens (tertiary/aromatic N) is 2. The first-order valence-electron chi connectivity index (χ1n) is 6.02. The minimum absolute atomic E-state index is 0.382. The van der Waals surface area contributed by atoms with Crippen LogP contribution in [-0.2, 0) is 4.74 Å². The lowest BCUT2D eigenvalue weighted by molar-refractivity contribution is -0.935. The summed E-state index contributed by atoms with van der Waals surface area (Å²) in [4.78, 5) is 8.00. The molecule has 1 aliphatic heterocycles. The lowest BCUT2D eigenvalue weighted by Crippen LogP contribution is -2.48. The second kappa shape index (κ2) is 8.47. The third-order valence-corrected chi connectivity index (χ3v) is 2.89. The molecule has 0 unspecified atom stereocenters. The van der Waals surface area contributed by atoms with Gasteiger partial charge in [0.15, 0.2) is 6.73 Å². The number of quaternary nitrogens is 1. The Kier molecular flexibility index (Phi) is 8.11. The van der Waals surface area contributed by atoms with Crippen LogP contribution in [0.25, 0.3) is 0 Å². The van der Waals surface area contributed by atoms with Crippen LogP contribution in [0, 0.1) is 10.1 Å². The van der Waals surface area contributed by atoms with Crippen molar-refractivity contribution in [2.24, 2.45) is 5.34 Å². The third-order valence-electron chi connectivity index (χ3n) is 2.89. The lowest BCUT2D eigenvalue weighted by Gasteiger charge is -2.34. The van der Waals surface area contributed by atoms with Crippen molar-refractivity contribution in [3.8, 4) is 0 Å². The van der Waals surface area contributed by atoms with Gasteiger partial charge in [0.1, 0.15) is 0 Å². The van der Waals surface area contributed by atoms with Gasteiger partial charge in [0.25, 0.3) is 0 Å². The molecule has 5 nitrogen and oxygen atoms in total. The molecule has 5 heteroatoms. The van der Waals surface area contributed by atoms with Crippen LogP contribution in [0.3, 0.4) is 0 Å². The Balaban J connectivity index is 0.000000673. The standard InChI is InChI=1S/C11H24NO.HNO2/c1-4-7-12(8-5-6-9-12)10-13-11(2)3;2-1-3/h11H,4-10H2,1-3H3;(H,2,3)/q+1;/p-1. The molecule has 1 fully saturated rings. The molecular weight excluding hydrogens is 208 g/mol. The molecule has 0 aliphatic carbocycles. The van der Waals surface area contributed by atoms with Crippen molar-refractivity contribution in [3.05, 3.63) is 10.1 Å². The normalized spacial score (nSPS) is 18.0. The zero-order valence-electron chi connectivity index (χ0n) is 10.6. The zero-order valence-corrected chi connectivity index (χ0v) is 10.6. The van der Waals surface area contributed by atoms with Crippen LogP contribution < -0.4 is 0 Å². The van der Waals surface area contributed by atoms with Gasteiger partial charge in [0.05, 0.1) is 25.7 Å². The van der Waals surface area contributed by atoms with Crippen molar-refractivity contribution in [2.45, 2.75) is 46.1 Å². The summed E-state index contributed by atoms with van der Waals surface area (Å²) in [5.74, 6) is 0. The van der Waals surface area contributed by atoms with E-state index in [4.69, 9.17) is 14.9 Å². The maximum absolute atomic E-state index is 8.00. The first-order chi connectivity index (χ1) is 7.60. The van der Waals surface area contributed by atoms with E-state index in [1.807, 2.05) is 0 Å². The third kappa shape index (κ3) is 6.02. The molecule has 1 heterocycles. The number of hydrogen-bond acceptors (Lipinski definition) is 4. The van der Waals surface area contributed by atoms with Gasteiger partial charge >= 0.3 is 0 Å². The van der Waals surface area contributed by atoms with Crippen molar-refractivity contribution in [1.82, 2.24) is 0 Å². The smallest absolute Gasteiger partial charge is 0.183 e. The van der Waals surface area contributed by atoms with Crippen LogP contribution in [0.15, 0.2) is 5.34 Å². The Labute approximate surface area is 97.9 Å². The summed E-state index contributed by atoms with van der Waals surface area (Å²) in [6, 6.07) is 0. The largest absolute Gasteiger partial charge is 0.444 e. The van der Waals surface area contributed by atoms with Crippen molar-refractivity contribution >= 4 is 0 Å². The van der Waals surface area contributed by atoms with E-state index in [1.165, 1.54) is 43.4 Å². The SMILES string of the molecule is CCC[N+]1(COC(C)C)CCCC1.O=N[O-]. The van der Waals surface area contributed by atoms with E-state index in [0.717, 1.165) is 12.1 Å². The minimum atomic E-state index is 0.382. The molecule has 0 aromatic carbocycles. The van der Waals surface area contributed by atoms with Crippen molar-refractivity contribution in [1.29, 1.82) is 0 Å². The van der Waals surface area contributed by atoms with E-state index in [2.05, 4.69) is 20.8 Å². The number of likely N-dealkylation sites (tertiary alicyclic amines) is 1. The van der Waals surface area contributed by atoms with Gasteiger partial charge in [-0.1, -0.05) is 6.92 Å². The quantitative estimate of drug-likeness (QED) is 0.416. The van der Waals surface area contributed by atoms with Gasteiger partial charge in [-0.3, -0.25) is 0 Å². The topological polar surface area (TPSA) is 61.7 Å². The molecule has 1 aliphatic rings. The van der Waals surface area contributed by atoms with Crippen LogP contribution in [0.1, 0.15) is 40.0 Å². The Morgan fingerprint density at radius 1 is 1.38 bits per heavy atom. The lowest BCUT2D eigenvalue weighted by atomic mass is 10.3. The first-order valence-corrected chi connectivity index (χ1v) is 6.02. The Bertz CT molecular complexity index is 180. The highest BCUT2D eigenvalue weighted by molar-refractivity contribution is 4.52. The van der Waals surface area contributed by atoms with Crippen LogP contribution in [0.2, 0.25) is 0 Å². The molecule has 1 saturated heterocycles. The summed E-state index contributed by atoms with van der Waals surface area (Å²) >= 11 is 0. The molecule has 0 spiro atoms. The monoisotopic (exact) mass is 232 g/mol. The molecule has 1 rings (SSSR count). The zero-order chi connectivity index (χ0) is 12.4.